The van der Waals surface area contributed by atoms with Crippen molar-refractivity contribution in [1.82, 2.24) is 24.7 Å². The first-order chi connectivity index (χ1) is 24.2. The normalized spacial score (nSPS) is 29.0. The zero-order valence-corrected chi connectivity index (χ0v) is 30.7. The molecule has 0 spiro atoms. The lowest BCUT2D eigenvalue weighted by atomic mass is 9.91. The summed E-state index contributed by atoms with van der Waals surface area (Å²) in [5.41, 5.74) is 2.11. The van der Waals surface area contributed by atoms with Crippen LogP contribution in [0.1, 0.15) is 88.3 Å². The minimum absolute atomic E-state index is 0.0117. The number of rotatable bonds is 8. The van der Waals surface area contributed by atoms with Crippen molar-refractivity contribution in [3.8, 4) is 0 Å². The van der Waals surface area contributed by atoms with Crippen molar-refractivity contribution in [3.63, 3.8) is 0 Å². The van der Waals surface area contributed by atoms with Crippen molar-refractivity contribution in [2.24, 2.45) is 17.3 Å². The highest BCUT2D eigenvalue weighted by Gasteiger charge is 2.61. The molecule has 14 heteroatoms. The molecular formula is C37H51N5O8S. The fraction of sp³-hybridized carbons (Fsp3) is 0.649. The number of nitrogens with zero attached hydrogens (tertiary/aromatic N) is 3. The van der Waals surface area contributed by atoms with Gasteiger partial charge in [-0.1, -0.05) is 51.0 Å². The summed E-state index contributed by atoms with van der Waals surface area (Å²) < 4.78 is 33.5. The number of Topliss-reactive ketones (excluding diaryl/α,β-unsaturated/α-hetero) is 1. The smallest absolute Gasteiger partial charge is 0.410 e. The molecule has 3 aliphatic heterocycles. The molecule has 2 N–H and O–H groups in total. The molecule has 51 heavy (non-hydrogen) atoms. The lowest BCUT2D eigenvalue weighted by Gasteiger charge is -2.32. The van der Waals surface area contributed by atoms with Gasteiger partial charge in [-0.15, -0.1) is 6.58 Å². The van der Waals surface area contributed by atoms with Crippen LogP contribution in [0.4, 0.5) is 9.59 Å². The lowest BCUT2D eigenvalue weighted by Crippen LogP contribution is -2.56. The van der Waals surface area contributed by atoms with Gasteiger partial charge in [0.15, 0.2) is 5.78 Å². The first kappa shape index (κ1) is 36.8. The fourth-order valence-corrected chi connectivity index (χ4v) is 9.25. The van der Waals surface area contributed by atoms with Crippen LogP contribution in [0.15, 0.2) is 30.9 Å². The maximum Gasteiger partial charge on any atom is 0.410 e. The van der Waals surface area contributed by atoms with Gasteiger partial charge < -0.3 is 19.9 Å². The minimum atomic E-state index is -3.85. The van der Waals surface area contributed by atoms with Gasteiger partial charge in [-0.25, -0.2) is 18.0 Å². The van der Waals surface area contributed by atoms with Gasteiger partial charge in [0.05, 0.1) is 23.3 Å². The first-order valence-corrected chi connectivity index (χ1v) is 19.9. The van der Waals surface area contributed by atoms with Gasteiger partial charge in [0.25, 0.3) is 0 Å². The van der Waals surface area contributed by atoms with E-state index < -0.39 is 74.5 Å². The number of carbonyl (C=O) groups is 5. The number of ether oxygens (including phenoxy) is 1. The number of carbonyl (C=O) groups excluding carboxylic acids is 5. The molecule has 1 saturated heterocycles. The molecule has 4 bridgehead atoms. The third-order valence-electron chi connectivity index (χ3n) is 11.3. The number of benzene rings is 1. The summed E-state index contributed by atoms with van der Waals surface area (Å²) in [7, 11) is -2.16. The molecule has 5 atom stereocenters. The van der Waals surface area contributed by atoms with Crippen LogP contribution < -0.4 is 10.0 Å². The molecule has 2 saturated carbocycles. The maximum atomic E-state index is 14.3. The summed E-state index contributed by atoms with van der Waals surface area (Å²) in [6, 6.07) is 3.71. The Morgan fingerprint density at radius 3 is 2.51 bits per heavy atom. The predicted molar refractivity (Wildman–Crippen MR) is 188 cm³/mol. The van der Waals surface area contributed by atoms with Gasteiger partial charge >= 0.3 is 12.1 Å². The number of amides is 5. The highest BCUT2D eigenvalue weighted by Crippen LogP contribution is 2.57. The van der Waals surface area contributed by atoms with E-state index in [4.69, 9.17) is 4.74 Å². The second kappa shape index (κ2) is 14.6. The van der Waals surface area contributed by atoms with Crippen LogP contribution in [0.3, 0.4) is 0 Å². The minimum Gasteiger partial charge on any atom is -0.444 e. The molecule has 1 aromatic carbocycles. The highest BCUT2D eigenvalue weighted by atomic mass is 32.2. The number of fused-ring (bicyclic) bond motifs is 3. The number of allylic oxidation sites excluding steroid dienone is 1. The first-order valence-electron chi connectivity index (χ1n) is 18.3. The standard InChI is InChI=1S/C37H51N5O8S/c1-5-26-18-37(26,34(45)39-51(48,49)28-14-15-28)19-31(43)30-17-27-21-42(30)33(44)32(23(2)3)38-35(46)40(4)16-9-7-6-8-11-24-12-10-13-25-20-41(22-29(24)25)36(47)50-27/h5,10,12-13,23,26-28,30,32H,1,6-9,11,14-22H2,2-4H3,(H,38,46)(H,39,45)/t26-,27-,30+,32+,37-/m1/s1. The third kappa shape index (κ3) is 7.80. The van der Waals surface area contributed by atoms with E-state index in [2.05, 4.69) is 22.7 Å². The molecule has 3 fully saturated rings. The lowest BCUT2D eigenvalue weighted by molar-refractivity contribution is -0.141. The van der Waals surface area contributed by atoms with E-state index in [0.29, 0.717) is 32.5 Å². The number of sulfonamides is 1. The fourth-order valence-electron chi connectivity index (χ4n) is 7.87. The van der Waals surface area contributed by atoms with Gasteiger partial charge in [-0.2, -0.15) is 0 Å². The molecule has 5 amide bonds. The van der Waals surface area contributed by atoms with E-state index in [-0.39, 0.29) is 31.7 Å². The molecular weight excluding hydrogens is 675 g/mol. The Balaban J connectivity index is 1.26. The highest BCUT2D eigenvalue weighted by molar-refractivity contribution is 7.90. The van der Waals surface area contributed by atoms with Crippen LogP contribution in [0.25, 0.3) is 0 Å². The average Bonchev–Trinajstić information content (AvgIpc) is 3.98. The Bertz CT molecular complexity index is 1690. The molecule has 6 rings (SSSR count). The number of hydrogen-bond donors (Lipinski definition) is 2. The summed E-state index contributed by atoms with van der Waals surface area (Å²) in [4.78, 5) is 73.5. The van der Waals surface area contributed by atoms with E-state index in [1.54, 1.807) is 22.9 Å². The molecule has 1 aromatic rings. The molecule has 278 valence electrons. The molecule has 0 aromatic heterocycles. The van der Waals surface area contributed by atoms with Crippen molar-refractivity contribution in [3.05, 3.63) is 47.5 Å². The van der Waals surface area contributed by atoms with Gasteiger partial charge in [0, 0.05) is 39.5 Å². The van der Waals surface area contributed by atoms with Gasteiger partial charge in [0.2, 0.25) is 21.8 Å². The van der Waals surface area contributed by atoms with E-state index in [1.807, 2.05) is 26.0 Å². The van der Waals surface area contributed by atoms with Crippen LogP contribution in [0, 0.1) is 17.3 Å². The largest absolute Gasteiger partial charge is 0.444 e. The second-order valence-corrected chi connectivity index (χ2v) is 17.4. The van der Waals surface area contributed by atoms with Crippen LogP contribution in [0.5, 0.6) is 0 Å². The van der Waals surface area contributed by atoms with Crippen molar-refractivity contribution < 1.29 is 37.1 Å². The van der Waals surface area contributed by atoms with Gasteiger partial charge in [-0.05, 0) is 67.1 Å². The summed E-state index contributed by atoms with van der Waals surface area (Å²) in [5.74, 6) is -2.40. The van der Waals surface area contributed by atoms with E-state index in [0.717, 1.165) is 43.2 Å². The summed E-state index contributed by atoms with van der Waals surface area (Å²) in [6.45, 7) is 8.68. The predicted octanol–water partition coefficient (Wildman–Crippen LogP) is 3.65. The SMILES string of the molecule is C=C[C@@H]1C[C@]1(CC(=O)[C@@H]1C[C@@H]2CN1C(=O)[C@H](C(C)C)NC(=O)N(C)CCCCCCc1cccc3c1CN(C3)C(=O)O2)C(=O)NS(=O)(=O)C1CC1. The number of urea groups is 1. The zero-order chi connectivity index (χ0) is 36.7. The Hall–Kier alpha value is -3.94. The number of hydrogen-bond acceptors (Lipinski definition) is 8. The molecule has 13 nitrogen and oxygen atoms in total. The molecule has 3 heterocycles. The summed E-state index contributed by atoms with van der Waals surface area (Å²) in [5, 5.41) is 2.27. The quantitative estimate of drug-likeness (QED) is 0.384. The van der Waals surface area contributed by atoms with Crippen molar-refractivity contribution >= 4 is 39.7 Å². The molecule has 0 unspecified atom stereocenters. The Labute approximate surface area is 300 Å². The van der Waals surface area contributed by atoms with Crippen LogP contribution in [-0.4, -0.2) is 96.4 Å². The third-order valence-corrected chi connectivity index (χ3v) is 13.1. The monoisotopic (exact) mass is 725 g/mol. The van der Waals surface area contributed by atoms with Crippen LogP contribution >= 0.6 is 0 Å². The zero-order valence-electron chi connectivity index (χ0n) is 29.9. The topological polar surface area (TPSA) is 162 Å². The summed E-state index contributed by atoms with van der Waals surface area (Å²) >= 11 is 0. The van der Waals surface area contributed by atoms with Crippen molar-refractivity contribution in [2.45, 2.75) is 115 Å². The van der Waals surface area contributed by atoms with E-state index in [9.17, 15) is 32.4 Å². The number of aryl methyl sites for hydroxylation is 1. The Kier molecular flexibility index (Phi) is 10.5. The number of nitrogens with one attached hydrogen (secondary N) is 2. The van der Waals surface area contributed by atoms with E-state index in [1.165, 1.54) is 10.5 Å². The molecule has 5 aliphatic rings. The Morgan fingerprint density at radius 2 is 1.82 bits per heavy atom. The van der Waals surface area contributed by atoms with Gasteiger partial charge in [-0.3, -0.25) is 24.0 Å². The average molecular weight is 726 g/mol. The molecule has 2 aliphatic carbocycles. The van der Waals surface area contributed by atoms with Crippen LogP contribution in [-0.2, 0) is 48.7 Å². The summed E-state index contributed by atoms with van der Waals surface area (Å²) in [6.07, 6.45) is 5.74. The van der Waals surface area contributed by atoms with Crippen molar-refractivity contribution in [1.29, 1.82) is 0 Å². The van der Waals surface area contributed by atoms with Gasteiger partial charge in [0.1, 0.15) is 12.1 Å². The second-order valence-electron chi connectivity index (χ2n) is 15.4. The molecule has 0 radical (unpaired) electrons. The van der Waals surface area contributed by atoms with Crippen molar-refractivity contribution in [2.75, 3.05) is 20.1 Å². The van der Waals surface area contributed by atoms with E-state index >= 15 is 0 Å². The van der Waals surface area contributed by atoms with Crippen LogP contribution in [0.2, 0.25) is 0 Å². The Morgan fingerprint density at radius 1 is 1.10 bits per heavy atom. The maximum absolute atomic E-state index is 14.3. The number of ketones is 1.